The summed E-state index contributed by atoms with van der Waals surface area (Å²) in [6.07, 6.45) is -10.2. The van der Waals surface area contributed by atoms with E-state index in [0.29, 0.717) is 11.8 Å². The lowest BCUT2D eigenvalue weighted by Gasteiger charge is -2.33. The van der Waals surface area contributed by atoms with Crippen molar-refractivity contribution in [2.24, 2.45) is 0 Å². The third-order valence-electron chi connectivity index (χ3n) is 6.04. The quantitative estimate of drug-likeness (QED) is 0.187. The van der Waals surface area contributed by atoms with E-state index in [1.165, 1.54) is 53.1 Å². The third-order valence-corrected chi connectivity index (χ3v) is 6.04. The van der Waals surface area contributed by atoms with E-state index in [1.807, 2.05) is 0 Å². The molecule has 0 bridgehead atoms. The maximum absolute atomic E-state index is 13.1. The summed E-state index contributed by atoms with van der Waals surface area (Å²) in [6, 6.07) is 8.92. The van der Waals surface area contributed by atoms with Gasteiger partial charge in [-0.05, 0) is 29.8 Å². The molecule has 1 heterocycles. The van der Waals surface area contributed by atoms with Crippen LogP contribution in [0.3, 0.4) is 0 Å². The second-order valence-corrected chi connectivity index (χ2v) is 9.27. The van der Waals surface area contributed by atoms with Crippen LogP contribution < -0.4 is 14.8 Å². The Balaban J connectivity index is 1.88. The molecule has 0 aromatic heterocycles. The SMILES string of the molecule is CN(CC(=O)NCCOCCO)C1=C(C=O)N(Cc2ccc(C(F)(F)F)cc2)C(Oc2cccc(OC(F)(F)F)c2)N1C. The summed E-state index contributed by atoms with van der Waals surface area (Å²) in [5.41, 5.74) is -0.492. The zero-order valence-corrected chi connectivity index (χ0v) is 23.1. The van der Waals surface area contributed by atoms with Gasteiger partial charge in [0.05, 0.1) is 31.9 Å². The van der Waals surface area contributed by atoms with E-state index in [4.69, 9.17) is 14.6 Å². The van der Waals surface area contributed by atoms with Crippen LogP contribution in [0.2, 0.25) is 0 Å². The number of carbonyl (C=O) groups is 2. The molecule has 2 aromatic rings. The number of aliphatic hydroxyl groups excluding tert-OH is 1. The molecule has 236 valence electrons. The predicted octanol–water partition coefficient (Wildman–Crippen LogP) is 3.14. The van der Waals surface area contributed by atoms with Gasteiger partial charge in [0.25, 0.3) is 6.35 Å². The molecule has 0 spiro atoms. The first-order chi connectivity index (χ1) is 20.2. The molecule has 0 radical (unpaired) electrons. The highest BCUT2D eigenvalue weighted by Crippen LogP contribution is 2.35. The summed E-state index contributed by atoms with van der Waals surface area (Å²) in [4.78, 5) is 29.2. The second-order valence-electron chi connectivity index (χ2n) is 9.27. The van der Waals surface area contributed by atoms with Crippen molar-refractivity contribution < 1.29 is 55.2 Å². The van der Waals surface area contributed by atoms with Crippen LogP contribution in [0.4, 0.5) is 26.3 Å². The Hall–Kier alpha value is -4.18. The highest BCUT2D eigenvalue weighted by Gasteiger charge is 2.40. The monoisotopic (exact) mass is 620 g/mol. The van der Waals surface area contributed by atoms with Crippen molar-refractivity contribution in [3.8, 4) is 11.5 Å². The number of carbonyl (C=O) groups excluding carboxylic acids is 2. The van der Waals surface area contributed by atoms with Crippen molar-refractivity contribution in [1.82, 2.24) is 20.0 Å². The molecule has 2 aromatic carbocycles. The lowest BCUT2D eigenvalue weighted by molar-refractivity contribution is -0.274. The summed E-state index contributed by atoms with van der Waals surface area (Å²) in [7, 11) is 3.04. The number of benzene rings is 2. The fourth-order valence-electron chi connectivity index (χ4n) is 4.27. The minimum Gasteiger partial charge on any atom is -0.452 e. The van der Waals surface area contributed by atoms with Crippen molar-refractivity contribution >= 4 is 12.2 Å². The van der Waals surface area contributed by atoms with Crippen LogP contribution in [0, 0.1) is 0 Å². The molecule has 16 heteroatoms. The van der Waals surface area contributed by atoms with Gasteiger partial charge < -0.3 is 39.3 Å². The van der Waals surface area contributed by atoms with Crippen molar-refractivity contribution in [2.45, 2.75) is 25.4 Å². The van der Waals surface area contributed by atoms with Gasteiger partial charge in [0.1, 0.15) is 23.0 Å². The number of aliphatic hydroxyl groups is 1. The molecule has 1 aliphatic rings. The summed E-state index contributed by atoms with van der Waals surface area (Å²) in [5.74, 6) is -0.843. The maximum atomic E-state index is 13.1. The lowest BCUT2D eigenvalue weighted by Crippen LogP contribution is -2.45. The average molecular weight is 621 g/mol. The Bertz CT molecular complexity index is 1270. The molecule has 1 aliphatic heterocycles. The molecule has 1 unspecified atom stereocenters. The highest BCUT2D eigenvalue weighted by molar-refractivity contribution is 5.79. The minimum absolute atomic E-state index is 0.0108. The zero-order valence-electron chi connectivity index (χ0n) is 23.1. The Labute approximate surface area is 243 Å². The number of aldehydes is 1. The Morgan fingerprint density at radius 1 is 1.07 bits per heavy atom. The van der Waals surface area contributed by atoms with Gasteiger partial charge >= 0.3 is 12.5 Å². The number of allylic oxidation sites excluding steroid dienone is 1. The molecule has 0 saturated heterocycles. The van der Waals surface area contributed by atoms with Crippen molar-refractivity contribution in [3.05, 3.63) is 71.2 Å². The number of alkyl halides is 6. The van der Waals surface area contributed by atoms with Crippen molar-refractivity contribution in [1.29, 1.82) is 0 Å². The smallest absolute Gasteiger partial charge is 0.452 e. The standard InChI is InChI=1S/C27H30F6N4O6/c1-35(16-23(40)34-10-12-41-13-11-38)24-22(17-39)37(15-18-6-8-19(9-7-18)26(28,29)30)25(36(24)2)42-20-4-3-5-21(14-20)43-27(31,32)33/h3-9,14,17,25,38H,10-13,15-16H2,1-2H3,(H,34,40). The van der Waals surface area contributed by atoms with Crippen LogP contribution >= 0.6 is 0 Å². The number of likely N-dealkylation sites (N-methyl/N-ethyl adjacent to an activating group) is 1. The number of nitrogens with one attached hydrogen (secondary N) is 1. The number of halogens is 6. The van der Waals surface area contributed by atoms with E-state index in [0.717, 1.165) is 24.3 Å². The average Bonchev–Trinajstić information content (AvgIpc) is 3.17. The second kappa shape index (κ2) is 14.3. The zero-order chi connectivity index (χ0) is 31.8. The normalized spacial score (nSPS) is 15.5. The summed E-state index contributed by atoms with van der Waals surface area (Å²) in [5, 5.41) is 11.4. The summed E-state index contributed by atoms with van der Waals surface area (Å²) < 4.78 is 92.6. The third kappa shape index (κ3) is 9.41. The molecular formula is C27H30F6N4O6. The lowest BCUT2D eigenvalue weighted by atomic mass is 10.1. The first-order valence-electron chi connectivity index (χ1n) is 12.8. The number of nitrogens with zero attached hydrogens (tertiary/aromatic N) is 3. The van der Waals surface area contributed by atoms with Crippen LogP contribution in [0.1, 0.15) is 11.1 Å². The maximum Gasteiger partial charge on any atom is 0.573 e. The molecule has 3 rings (SSSR count). The number of hydrogen-bond donors (Lipinski definition) is 2. The van der Waals surface area contributed by atoms with E-state index >= 15 is 0 Å². The fraction of sp³-hybridized carbons (Fsp3) is 0.407. The highest BCUT2D eigenvalue weighted by atomic mass is 19.4. The summed E-state index contributed by atoms with van der Waals surface area (Å²) >= 11 is 0. The number of ether oxygens (including phenoxy) is 3. The Kier molecular flexibility index (Phi) is 11.1. The van der Waals surface area contributed by atoms with E-state index < -0.39 is 36.1 Å². The molecule has 43 heavy (non-hydrogen) atoms. The number of amides is 1. The van der Waals surface area contributed by atoms with E-state index in [-0.39, 0.29) is 56.7 Å². The largest absolute Gasteiger partial charge is 0.573 e. The van der Waals surface area contributed by atoms with Crippen molar-refractivity contribution in [3.63, 3.8) is 0 Å². The molecule has 2 N–H and O–H groups in total. The van der Waals surface area contributed by atoms with Gasteiger partial charge in [0.2, 0.25) is 5.91 Å². The van der Waals surface area contributed by atoms with E-state index in [2.05, 4.69) is 10.1 Å². The van der Waals surface area contributed by atoms with Crippen LogP contribution in [0.25, 0.3) is 0 Å². The van der Waals surface area contributed by atoms with E-state index in [9.17, 15) is 35.9 Å². The number of hydrogen-bond acceptors (Lipinski definition) is 9. The Morgan fingerprint density at radius 3 is 2.35 bits per heavy atom. The van der Waals surface area contributed by atoms with E-state index in [1.54, 1.807) is 0 Å². The van der Waals surface area contributed by atoms with Gasteiger partial charge in [-0.2, -0.15) is 13.2 Å². The van der Waals surface area contributed by atoms with Crippen LogP contribution in [0.5, 0.6) is 11.5 Å². The topological polar surface area (TPSA) is 104 Å². The molecule has 0 aliphatic carbocycles. The predicted molar refractivity (Wildman–Crippen MR) is 139 cm³/mol. The minimum atomic E-state index is -4.95. The van der Waals surface area contributed by atoms with Crippen LogP contribution in [-0.2, 0) is 27.0 Å². The van der Waals surface area contributed by atoms with Crippen molar-refractivity contribution in [2.75, 3.05) is 47.0 Å². The van der Waals surface area contributed by atoms with Gasteiger partial charge in [-0.1, -0.05) is 18.2 Å². The molecule has 1 amide bonds. The molecule has 1 atom stereocenters. The van der Waals surface area contributed by atoms with Gasteiger partial charge in [-0.3, -0.25) is 9.59 Å². The van der Waals surface area contributed by atoms with Crippen LogP contribution in [0.15, 0.2) is 60.0 Å². The molecule has 0 fully saturated rings. The van der Waals surface area contributed by atoms with Gasteiger partial charge in [-0.15, -0.1) is 13.2 Å². The number of rotatable bonds is 14. The first-order valence-corrected chi connectivity index (χ1v) is 12.8. The first kappa shape index (κ1) is 33.3. The molecular weight excluding hydrogens is 590 g/mol. The van der Waals surface area contributed by atoms with Gasteiger partial charge in [-0.25, -0.2) is 0 Å². The Morgan fingerprint density at radius 2 is 1.74 bits per heavy atom. The van der Waals surface area contributed by atoms with Crippen LogP contribution in [-0.4, -0.2) is 91.7 Å². The molecule has 10 nitrogen and oxygen atoms in total. The van der Waals surface area contributed by atoms with Gasteiger partial charge in [0.15, 0.2) is 6.29 Å². The fourth-order valence-corrected chi connectivity index (χ4v) is 4.27. The van der Waals surface area contributed by atoms with Gasteiger partial charge in [0, 0.05) is 33.3 Å². The summed E-state index contributed by atoms with van der Waals surface area (Å²) in [6.45, 7) is -0.107. The molecule has 0 saturated carbocycles.